The molecule has 3 heteroatoms. The highest BCUT2D eigenvalue weighted by molar-refractivity contribution is 6.31. The van der Waals surface area contributed by atoms with Crippen molar-refractivity contribution in [2.24, 2.45) is 0 Å². The largest absolute Gasteiger partial charge is 0.309 e. The summed E-state index contributed by atoms with van der Waals surface area (Å²) in [6.07, 6.45) is 0. The number of nitrogens with one attached hydrogen (secondary N) is 1. The molecule has 1 heterocycles. The molecule has 0 aromatic heterocycles. The molecule has 1 aromatic carbocycles. The molecule has 1 aliphatic heterocycles. The lowest BCUT2D eigenvalue weighted by Crippen LogP contribution is -2.00. The first kappa shape index (κ1) is 7.07. The fourth-order valence-electron chi connectivity index (χ4n) is 1.33. The topological polar surface area (TPSA) is 12.0 Å². The monoisotopic (exact) mass is 171 g/mol. The summed E-state index contributed by atoms with van der Waals surface area (Å²) in [6.45, 7) is 1.49. The van der Waals surface area contributed by atoms with Gasteiger partial charge in [-0.1, -0.05) is 11.6 Å². The molecule has 0 atom stereocenters. The van der Waals surface area contributed by atoms with Gasteiger partial charge in [0.15, 0.2) is 0 Å². The Bertz CT molecular complexity index is 298. The molecule has 58 valence electrons. The summed E-state index contributed by atoms with van der Waals surface area (Å²) in [6, 6.07) is 2.88. The van der Waals surface area contributed by atoms with E-state index in [1.54, 1.807) is 0 Å². The number of fused-ring (bicyclic) bond motifs is 1. The van der Waals surface area contributed by atoms with E-state index >= 15 is 0 Å². The first-order valence-corrected chi connectivity index (χ1v) is 3.82. The molecule has 1 aromatic rings. The Balaban J connectivity index is 2.60. The predicted octanol–water partition coefficient (Wildman–Crippen LogP) is 2.08. The van der Waals surface area contributed by atoms with Gasteiger partial charge in [-0.25, -0.2) is 4.39 Å². The maximum Gasteiger partial charge on any atom is 0.125 e. The molecular formula is C8H7ClFN. The highest BCUT2D eigenvalue weighted by Gasteiger charge is 2.14. The van der Waals surface area contributed by atoms with Gasteiger partial charge in [0, 0.05) is 18.1 Å². The molecule has 0 saturated carbocycles. The van der Waals surface area contributed by atoms with Crippen molar-refractivity contribution in [2.75, 3.05) is 0 Å². The third-order valence-electron chi connectivity index (χ3n) is 1.87. The van der Waals surface area contributed by atoms with Crippen molar-refractivity contribution in [3.05, 3.63) is 34.1 Å². The molecule has 11 heavy (non-hydrogen) atoms. The summed E-state index contributed by atoms with van der Waals surface area (Å²) >= 11 is 5.79. The van der Waals surface area contributed by atoms with Crippen LogP contribution in [0.2, 0.25) is 5.02 Å². The zero-order valence-electron chi connectivity index (χ0n) is 5.82. The summed E-state index contributed by atoms with van der Waals surface area (Å²) in [5.41, 5.74) is 2.02. The minimum atomic E-state index is -0.252. The molecule has 2 rings (SSSR count). The average molecular weight is 172 g/mol. The fourth-order valence-corrected chi connectivity index (χ4v) is 1.63. The van der Waals surface area contributed by atoms with Crippen LogP contribution in [0.15, 0.2) is 12.1 Å². The normalized spacial score (nSPS) is 15.1. The van der Waals surface area contributed by atoms with Crippen molar-refractivity contribution in [1.29, 1.82) is 0 Å². The maximum atomic E-state index is 12.7. The summed E-state index contributed by atoms with van der Waals surface area (Å²) in [7, 11) is 0. The zero-order chi connectivity index (χ0) is 7.84. The van der Waals surface area contributed by atoms with E-state index in [2.05, 4.69) is 5.32 Å². The Morgan fingerprint density at radius 3 is 3.00 bits per heavy atom. The van der Waals surface area contributed by atoms with Crippen LogP contribution in [0.3, 0.4) is 0 Å². The summed E-state index contributed by atoms with van der Waals surface area (Å²) in [5.74, 6) is -0.252. The van der Waals surface area contributed by atoms with Gasteiger partial charge in [-0.3, -0.25) is 0 Å². The minimum Gasteiger partial charge on any atom is -0.309 e. The standard InChI is InChI=1S/C8H7ClFN/c9-8-2-6(10)1-5-3-11-4-7(5)8/h1-2,11H,3-4H2. The molecule has 0 saturated heterocycles. The highest BCUT2D eigenvalue weighted by atomic mass is 35.5. The Kier molecular flexibility index (Phi) is 1.59. The SMILES string of the molecule is Fc1cc(Cl)c2c(c1)CNC2. The van der Waals surface area contributed by atoms with Gasteiger partial charge in [0.25, 0.3) is 0 Å². The van der Waals surface area contributed by atoms with E-state index in [1.807, 2.05) is 0 Å². The summed E-state index contributed by atoms with van der Waals surface area (Å²) in [5, 5.41) is 3.64. The molecule has 0 radical (unpaired) electrons. The second-order valence-electron chi connectivity index (χ2n) is 2.63. The minimum absolute atomic E-state index is 0.252. The van der Waals surface area contributed by atoms with Gasteiger partial charge < -0.3 is 5.32 Å². The van der Waals surface area contributed by atoms with E-state index in [4.69, 9.17) is 11.6 Å². The van der Waals surface area contributed by atoms with Gasteiger partial charge in [-0.2, -0.15) is 0 Å². The lowest BCUT2D eigenvalue weighted by molar-refractivity contribution is 0.625. The van der Waals surface area contributed by atoms with Crippen LogP contribution in [-0.4, -0.2) is 0 Å². The first-order valence-electron chi connectivity index (χ1n) is 3.45. The summed E-state index contributed by atoms with van der Waals surface area (Å²) in [4.78, 5) is 0. The number of rotatable bonds is 0. The summed E-state index contributed by atoms with van der Waals surface area (Å²) < 4.78 is 12.7. The van der Waals surface area contributed by atoms with Crippen molar-refractivity contribution in [3.8, 4) is 0 Å². The van der Waals surface area contributed by atoms with Crippen LogP contribution in [0.1, 0.15) is 11.1 Å². The van der Waals surface area contributed by atoms with Gasteiger partial charge in [-0.15, -0.1) is 0 Å². The third kappa shape index (κ3) is 1.12. The van der Waals surface area contributed by atoms with Crippen LogP contribution in [0.5, 0.6) is 0 Å². The Morgan fingerprint density at radius 1 is 1.36 bits per heavy atom. The van der Waals surface area contributed by atoms with E-state index in [9.17, 15) is 4.39 Å². The molecule has 0 spiro atoms. The first-order chi connectivity index (χ1) is 5.27. The van der Waals surface area contributed by atoms with Crippen LogP contribution >= 0.6 is 11.6 Å². The van der Waals surface area contributed by atoms with Crippen LogP contribution in [0.25, 0.3) is 0 Å². The van der Waals surface area contributed by atoms with Crippen molar-refractivity contribution < 1.29 is 4.39 Å². The van der Waals surface area contributed by atoms with Crippen LogP contribution in [0, 0.1) is 5.82 Å². The average Bonchev–Trinajstić information content (AvgIpc) is 2.34. The van der Waals surface area contributed by atoms with Gasteiger partial charge in [-0.05, 0) is 23.3 Å². The smallest absolute Gasteiger partial charge is 0.125 e. The lowest BCUT2D eigenvalue weighted by atomic mass is 10.1. The molecule has 0 bridgehead atoms. The zero-order valence-corrected chi connectivity index (χ0v) is 6.58. The number of hydrogen-bond donors (Lipinski definition) is 1. The lowest BCUT2D eigenvalue weighted by Gasteiger charge is -1.99. The van der Waals surface area contributed by atoms with E-state index < -0.39 is 0 Å². The molecule has 0 unspecified atom stereocenters. The molecule has 0 fully saturated rings. The predicted molar refractivity (Wildman–Crippen MR) is 42.0 cm³/mol. The van der Waals surface area contributed by atoms with E-state index in [0.29, 0.717) is 5.02 Å². The van der Waals surface area contributed by atoms with Gasteiger partial charge in [0.05, 0.1) is 0 Å². The molecular weight excluding hydrogens is 165 g/mol. The van der Waals surface area contributed by atoms with Crippen molar-refractivity contribution >= 4 is 11.6 Å². The van der Waals surface area contributed by atoms with Crippen LogP contribution < -0.4 is 5.32 Å². The second kappa shape index (κ2) is 2.47. The van der Waals surface area contributed by atoms with Gasteiger partial charge in [0.1, 0.15) is 5.82 Å². The van der Waals surface area contributed by atoms with Crippen LogP contribution in [-0.2, 0) is 13.1 Å². The Hall–Kier alpha value is -0.600. The fraction of sp³-hybridized carbons (Fsp3) is 0.250. The van der Waals surface area contributed by atoms with Crippen molar-refractivity contribution in [2.45, 2.75) is 13.1 Å². The van der Waals surface area contributed by atoms with Crippen molar-refractivity contribution in [3.63, 3.8) is 0 Å². The van der Waals surface area contributed by atoms with E-state index in [1.165, 1.54) is 12.1 Å². The molecule has 1 N–H and O–H groups in total. The second-order valence-corrected chi connectivity index (χ2v) is 3.04. The Morgan fingerprint density at radius 2 is 2.18 bits per heavy atom. The number of hydrogen-bond acceptors (Lipinski definition) is 1. The van der Waals surface area contributed by atoms with E-state index in [0.717, 1.165) is 24.2 Å². The number of halogens is 2. The quantitative estimate of drug-likeness (QED) is 0.630. The van der Waals surface area contributed by atoms with Crippen LogP contribution in [0.4, 0.5) is 4.39 Å². The van der Waals surface area contributed by atoms with Gasteiger partial charge in [0.2, 0.25) is 0 Å². The molecule has 0 amide bonds. The van der Waals surface area contributed by atoms with E-state index in [-0.39, 0.29) is 5.82 Å². The highest BCUT2D eigenvalue weighted by Crippen LogP contribution is 2.25. The maximum absolute atomic E-state index is 12.7. The number of benzene rings is 1. The molecule has 0 aliphatic carbocycles. The molecule has 1 nitrogen and oxygen atoms in total. The Labute approximate surface area is 69.2 Å². The van der Waals surface area contributed by atoms with Gasteiger partial charge >= 0.3 is 0 Å². The third-order valence-corrected chi connectivity index (χ3v) is 2.21. The van der Waals surface area contributed by atoms with Crippen molar-refractivity contribution in [1.82, 2.24) is 5.32 Å². The molecule has 1 aliphatic rings.